The highest BCUT2D eigenvalue weighted by Crippen LogP contribution is 2.20. The first kappa shape index (κ1) is 12.6. The van der Waals surface area contributed by atoms with E-state index in [1.54, 1.807) is 32.2 Å². The topological polar surface area (TPSA) is 74.8 Å². The molecule has 1 heterocycles. The van der Waals surface area contributed by atoms with Crippen molar-refractivity contribution in [2.45, 2.75) is 19.1 Å². The van der Waals surface area contributed by atoms with Crippen molar-refractivity contribution in [3.63, 3.8) is 0 Å². The zero-order valence-corrected chi connectivity index (χ0v) is 11.0. The fraction of sp³-hybridized carbons (Fsp3) is 0.250. The van der Waals surface area contributed by atoms with E-state index in [1.807, 2.05) is 18.2 Å². The van der Waals surface area contributed by atoms with Gasteiger partial charge in [-0.3, -0.25) is 9.82 Å². The molecular weight excluding hydrogens is 250 g/mol. The number of rotatable bonds is 4. The lowest BCUT2D eigenvalue weighted by atomic mass is 10.1. The van der Waals surface area contributed by atoms with Gasteiger partial charge in [0.2, 0.25) is 10.0 Å². The molecule has 0 radical (unpaired) electrons. The van der Waals surface area contributed by atoms with Crippen LogP contribution in [0.3, 0.4) is 0 Å². The molecule has 0 atom stereocenters. The number of hydrogen-bond acceptors (Lipinski definition) is 3. The van der Waals surface area contributed by atoms with Gasteiger partial charge in [0.15, 0.2) is 0 Å². The highest BCUT2D eigenvalue weighted by molar-refractivity contribution is 7.93. The molecule has 0 aliphatic carbocycles. The van der Waals surface area contributed by atoms with Crippen molar-refractivity contribution in [2.75, 3.05) is 4.72 Å². The van der Waals surface area contributed by atoms with Crippen LogP contribution in [-0.4, -0.2) is 23.9 Å². The number of hydrogen-bond donors (Lipinski definition) is 2. The third kappa shape index (κ3) is 2.70. The Balaban J connectivity index is 2.19. The highest BCUT2D eigenvalue weighted by Gasteiger charge is 2.15. The second-order valence-corrected chi connectivity index (χ2v) is 6.48. The number of aromatic amines is 1. The molecule has 0 saturated carbocycles. The van der Waals surface area contributed by atoms with Crippen LogP contribution in [0, 0.1) is 0 Å². The minimum atomic E-state index is -3.29. The molecule has 0 saturated heterocycles. The molecule has 2 rings (SSSR count). The Bertz CT molecular complexity index is 601. The van der Waals surface area contributed by atoms with Crippen molar-refractivity contribution in [1.29, 1.82) is 0 Å². The molecule has 0 bridgehead atoms. The summed E-state index contributed by atoms with van der Waals surface area (Å²) < 4.78 is 25.9. The van der Waals surface area contributed by atoms with Crippen molar-refractivity contribution < 1.29 is 8.42 Å². The third-order valence-electron chi connectivity index (χ3n) is 2.58. The maximum atomic E-state index is 11.7. The summed E-state index contributed by atoms with van der Waals surface area (Å²) >= 11 is 0. The Kier molecular flexibility index (Phi) is 3.38. The van der Waals surface area contributed by atoms with E-state index in [-0.39, 0.29) is 0 Å². The van der Waals surface area contributed by atoms with E-state index < -0.39 is 15.3 Å². The van der Waals surface area contributed by atoms with Crippen LogP contribution in [0.15, 0.2) is 36.5 Å². The first-order chi connectivity index (χ1) is 8.49. The quantitative estimate of drug-likeness (QED) is 0.890. The molecule has 0 unspecified atom stereocenters. The van der Waals surface area contributed by atoms with E-state index in [4.69, 9.17) is 0 Å². The molecule has 96 valence electrons. The molecule has 0 aliphatic rings. The molecule has 0 aliphatic heterocycles. The van der Waals surface area contributed by atoms with Crippen LogP contribution in [0.25, 0.3) is 11.3 Å². The molecular formula is C12H15N3O2S. The van der Waals surface area contributed by atoms with Gasteiger partial charge in [-0.2, -0.15) is 5.10 Å². The Morgan fingerprint density at radius 2 is 1.83 bits per heavy atom. The largest absolute Gasteiger partial charge is 0.283 e. The molecule has 1 aromatic heterocycles. The Labute approximate surface area is 106 Å². The fourth-order valence-corrected chi connectivity index (χ4v) is 2.12. The first-order valence-corrected chi connectivity index (χ1v) is 7.15. The maximum absolute atomic E-state index is 11.7. The number of aromatic nitrogens is 2. The highest BCUT2D eigenvalue weighted by atomic mass is 32.2. The van der Waals surface area contributed by atoms with Gasteiger partial charge in [0.25, 0.3) is 0 Å². The number of H-pyrrole nitrogens is 1. The molecule has 0 amide bonds. The van der Waals surface area contributed by atoms with Gasteiger partial charge < -0.3 is 0 Å². The van der Waals surface area contributed by atoms with Gasteiger partial charge in [-0.1, -0.05) is 12.1 Å². The first-order valence-electron chi connectivity index (χ1n) is 5.60. The minimum Gasteiger partial charge on any atom is -0.283 e. The van der Waals surface area contributed by atoms with Crippen molar-refractivity contribution in [1.82, 2.24) is 10.2 Å². The Hall–Kier alpha value is -1.82. The van der Waals surface area contributed by atoms with Crippen molar-refractivity contribution in [3.8, 4) is 11.3 Å². The van der Waals surface area contributed by atoms with Crippen molar-refractivity contribution >= 4 is 15.7 Å². The number of anilines is 1. The Morgan fingerprint density at radius 3 is 2.33 bits per heavy atom. The smallest absolute Gasteiger partial charge is 0.235 e. The molecule has 5 nitrogen and oxygen atoms in total. The summed E-state index contributed by atoms with van der Waals surface area (Å²) in [7, 11) is -3.29. The van der Waals surface area contributed by atoms with Crippen LogP contribution in [0.5, 0.6) is 0 Å². The van der Waals surface area contributed by atoms with E-state index in [0.717, 1.165) is 11.3 Å². The van der Waals surface area contributed by atoms with Crippen LogP contribution in [0.4, 0.5) is 5.69 Å². The van der Waals surface area contributed by atoms with Gasteiger partial charge >= 0.3 is 0 Å². The van der Waals surface area contributed by atoms with Gasteiger partial charge in [-0.25, -0.2) is 8.42 Å². The minimum absolute atomic E-state index is 0.454. The summed E-state index contributed by atoms with van der Waals surface area (Å²) in [6.45, 7) is 3.28. The number of nitrogens with one attached hydrogen (secondary N) is 2. The Morgan fingerprint density at radius 1 is 1.17 bits per heavy atom. The van der Waals surface area contributed by atoms with E-state index in [0.29, 0.717) is 5.69 Å². The molecule has 2 N–H and O–H groups in total. The summed E-state index contributed by atoms with van der Waals surface area (Å²) in [5.41, 5.74) is 2.42. The summed E-state index contributed by atoms with van der Waals surface area (Å²) in [6.07, 6.45) is 1.67. The number of benzene rings is 1. The number of nitrogens with zero attached hydrogens (tertiary/aromatic N) is 1. The van der Waals surface area contributed by atoms with Gasteiger partial charge in [-0.15, -0.1) is 0 Å². The summed E-state index contributed by atoms with van der Waals surface area (Å²) in [6, 6.07) is 9.00. The lowest BCUT2D eigenvalue weighted by Gasteiger charge is -2.10. The second kappa shape index (κ2) is 4.81. The third-order valence-corrected chi connectivity index (χ3v) is 4.34. The zero-order chi connectivity index (χ0) is 13.2. The molecule has 0 spiro atoms. The van der Waals surface area contributed by atoms with E-state index in [9.17, 15) is 8.42 Å². The summed E-state index contributed by atoms with van der Waals surface area (Å²) in [4.78, 5) is 0. The van der Waals surface area contributed by atoms with Gasteiger partial charge in [0.1, 0.15) is 0 Å². The van der Waals surface area contributed by atoms with Gasteiger partial charge in [0.05, 0.1) is 10.9 Å². The van der Waals surface area contributed by atoms with Crippen LogP contribution in [0.1, 0.15) is 13.8 Å². The summed E-state index contributed by atoms with van der Waals surface area (Å²) in [5.74, 6) is 0. The lowest BCUT2D eigenvalue weighted by Crippen LogP contribution is -2.22. The zero-order valence-electron chi connectivity index (χ0n) is 10.2. The monoisotopic (exact) mass is 265 g/mol. The SMILES string of the molecule is CC(C)S(=O)(=O)Nc1ccc(-c2ccn[nH]2)cc1. The lowest BCUT2D eigenvalue weighted by molar-refractivity contribution is 0.593. The van der Waals surface area contributed by atoms with Crippen LogP contribution < -0.4 is 4.72 Å². The van der Waals surface area contributed by atoms with Crippen LogP contribution >= 0.6 is 0 Å². The molecule has 6 heteroatoms. The average Bonchev–Trinajstić information content (AvgIpc) is 2.83. The average molecular weight is 265 g/mol. The van der Waals surface area contributed by atoms with Gasteiger partial charge in [0, 0.05) is 11.9 Å². The van der Waals surface area contributed by atoms with Crippen molar-refractivity contribution in [2.24, 2.45) is 0 Å². The predicted octanol–water partition coefficient (Wildman–Crippen LogP) is 2.23. The maximum Gasteiger partial charge on any atom is 0.235 e. The molecule has 0 fully saturated rings. The van der Waals surface area contributed by atoms with E-state index in [1.165, 1.54) is 0 Å². The summed E-state index contributed by atoms with van der Waals surface area (Å²) in [5, 5.41) is 6.26. The van der Waals surface area contributed by atoms with E-state index >= 15 is 0 Å². The van der Waals surface area contributed by atoms with E-state index in [2.05, 4.69) is 14.9 Å². The standard InChI is InChI=1S/C12H15N3O2S/c1-9(2)18(16,17)15-11-5-3-10(4-6-11)12-7-8-13-14-12/h3-9,15H,1-2H3,(H,13,14). The van der Waals surface area contributed by atoms with Crippen molar-refractivity contribution in [3.05, 3.63) is 36.5 Å². The number of sulfonamides is 1. The second-order valence-electron chi connectivity index (χ2n) is 4.24. The fourth-order valence-electron chi connectivity index (χ4n) is 1.42. The molecule has 2 aromatic rings. The van der Waals surface area contributed by atoms with Crippen LogP contribution in [0.2, 0.25) is 0 Å². The molecule has 18 heavy (non-hydrogen) atoms. The van der Waals surface area contributed by atoms with Gasteiger partial charge in [-0.05, 0) is 37.6 Å². The normalized spacial score (nSPS) is 11.7. The predicted molar refractivity (Wildman–Crippen MR) is 71.7 cm³/mol. The molecule has 1 aromatic carbocycles. The van der Waals surface area contributed by atoms with Crippen LogP contribution in [-0.2, 0) is 10.0 Å².